The molecule has 2 aliphatic rings. The van der Waals surface area contributed by atoms with Gasteiger partial charge < -0.3 is 4.74 Å². The highest BCUT2D eigenvalue weighted by atomic mass is 16.6. The van der Waals surface area contributed by atoms with Crippen LogP contribution in [-0.2, 0) is 9.53 Å². The Labute approximate surface area is 126 Å². The molecule has 116 valence electrons. The maximum atomic E-state index is 12.4. The summed E-state index contributed by atoms with van der Waals surface area (Å²) < 4.78 is 5.51. The average Bonchev–Trinajstić information content (AvgIpc) is 2.36. The summed E-state index contributed by atoms with van der Waals surface area (Å²) >= 11 is 0. The first-order valence-corrected chi connectivity index (χ1v) is 7.71. The number of hydrogen-bond donors (Lipinski definition) is 0. The van der Waals surface area contributed by atoms with Gasteiger partial charge >= 0.3 is 6.09 Å². The van der Waals surface area contributed by atoms with E-state index in [-0.39, 0.29) is 11.9 Å². The molecule has 0 spiro atoms. The van der Waals surface area contributed by atoms with Crippen LogP contribution in [0.25, 0.3) is 0 Å². The average molecular weight is 291 g/mol. The molecule has 1 unspecified atom stereocenters. The fourth-order valence-corrected chi connectivity index (χ4v) is 2.70. The number of nitrogens with zero attached hydrogens (tertiary/aromatic N) is 1. The first kappa shape index (κ1) is 15.8. The van der Waals surface area contributed by atoms with Gasteiger partial charge in [-0.05, 0) is 57.6 Å². The van der Waals surface area contributed by atoms with E-state index in [4.69, 9.17) is 4.74 Å². The molecule has 0 N–H and O–H groups in total. The summed E-state index contributed by atoms with van der Waals surface area (Å²) in [5.41, 5.74) is 1.33. The molecular weight excluding hydrogens is 266 g/mol. The van der Waals surface area contributed by atoms with E-state index in [1.54, 1.807) is 11.0 Å². The van der Waals surface area contributed by atoms with Crippen LogP contribution in [0.15, 0.2) is 23.4 Å². The van der Waals surface area contributed by atoms with Crippen LogP contribution in [0.2, 0.25) is 0 Å². The molecule has 0 saturated heterocycles. The Morgan fingerprint density at radius 3 is 2.67 bits per heavy atom. The first-order valence-electron chi connectivity index (χ1n) is 7.71. The topological polar surface area (TPSA) is 46.6 Å². The lowest BCUT2D eigenvalue weighted by atomic mass is 9.91. The molecule has 0 radical (unpaired) electrons. The van der Waals surface area contributed by atoms with Gasteiger partial charge in [0.25, 0.3) is 0 Å². The van der Waals surface area contributed by atoms with Crippen LogP contribution in [0.1, 0.15) is 53.4 Å². The fraction of sp³-hybridized carbons (Fsp3) is 0.647. The summed E-state index contributed by atoms with van der Waals surface area (Å²) in [7, 11) is 0. The van der Waals surface area contributed by atoms with Crippen LogP contribution < -0.4 is 0 Å². The summed E-state index contributed by atoms with van der Waals surface area (Å²) in [6.07, 6.45) is 6.70. The highest BCUT2D eigenvalue weighted by Crippen LogP contribution is 2.31. The Kier molecular flexibility index (Phi) is 4.55. The van der Waals surface area contributed by atoms with Crippen LogP contribution in [0.4, 0.5) is 4.79 Å². The second kappa shape index (κ2) is 6.04. The van der Waals surface area contributed by atoms with Gasteiger partial charge in [-0.15, -0.1) is 0 Å². The number of carbonyl (C=O) groups excluding carboxylic acids is 2. The quantitative estimate of drug-likeness (QED) is 0.737. The second-order valence-electron chi connectivity index (χ2n) is 7.01. The zero-order chi connectivity index (χ0) is 15.6. The van der Waals surface area contributed by atoms with Crippen molar-refractivity contribution in [2.24, 2.45) is 5.92 Å². The largest absolute Gasteiger partial charge is 0.443 e. The van der Waals surface area contributed by atoms with Gasteiger partial charge in [-0.3, -0.25) is 9.69 Å². The van der Waals surface area contributed by atoms with Crippen molar-refractivity contribution >= 4 is 11.9 Å². The van der Waals surface area contributed by atoms with E-state index in [0.29, 0.717) is 18.9 Å². The number of ketones is 1. The van der Waals surface area contributed by atoms with Gasteiger partial charge in [0, 0.05) is 18.7 Å². The zero-order valence-electron chi connectivity index (χ0n) is 13.4. The fourth-order valence-electron chi connectivity index (χ4n) is 2.70. The number of amides is 1. The maximum Gasteiger partial charge on any atom is 0.414 e. The Morgan fingerprint density at radius 2 is 2.05 bits per heavy atom. The Hall–Kier alpha value is -1.58. The van der Waals surface area contributed by atoms with Crippen molar-refractivity contribution in [2.75, 3.05) is 6.54 Å². The van der Waals surface area contributed by atoms with Crippen molar-refractivity contribution in [3.8, 4) is 0 Å². The molecular formula is C17H25NO3. The number of ether oxygens (including phenoxy) is 1. The predicted molar refractivity (Wildman–Crippen MR) is 81.7 cm³/mol. The number of rotatable bonds is 1. The molecule has 1 aliphatic carbocycles. The van der Waals surface area contributed by atoms with Crippen LogP contribution in [-0.4, -0.2) is 28.9 Å². The van der Waals surface area contributed by atoms with E-state index in [2.05, 4.69) is 13.0 Å². The highest BCUT2D eigenvalue weighted by Gasteiger charge is 2.30. The molecule has 1 amide bonds. The van der Waals surface area contributed by atoms with E-state index in [9.17, 15) is 9.59 Å². The molecule has 4 heteroatoms. The van der Waals surface area contributed by atoms with E-state index in [1.807, 2.05) is 20.8 Å². The lowest BCUT2D eigenvalue weighted by Crippen LogP contribution is -2.41. The Bertz CT molecular complexity index is 497. The molecule has 0 aromatic rings. The minimum atomic E-state index is -0.514. The van der Waals surface area contributed by atoms with Crippen LogP contribution in [0.5, 0.6) is 0 Å². The van der Waals surface area contributed by atoms with Crippen molar-refractivity contribution in [2.45, 2.75) is 59.0 Å². The molecule has 0 fully saturated rings. The molecule has 1 atom stereocenters. The predicted octanol–water partition coefficient (Wildman–Crippen LogP) is 3.83. The van der Waals surface area contributed by atoms with Crippen LogP contribution in [0, 0.1) is 5.92 Å². The third-order valence-corrected chi connectivity index (χ3v) is 3.65. The van der Waals surface area contributed by atoms with Gasteiger partial charge in [0.05, 0.1) is 0 Å². The van der Waals surface area contributed by atoms with Gasteiger partial charge in [0.15, 0.2) is 5.78 Å². The maximum absolute atomic E-state index is 12.4. The summed E-state index contributed by atoms with van der Waals surface area (Å²) in [6.45, 7) is 8.36. The summed E-state index contributed by atoms with van der Waals surface area (Å²) in [5.74, 6) is 0.557. The van der Waals surface area contributed by atoms with Gasteiger partial charge in [0.2, 0.25) is 0 Å². The van der Waals surface area contributed by atoms with E-state index in [1.165, 1.54) is 0 Å². The van der Waals surface area contributed by atoms with Crippen LogP contribution >= 0.6 is 0 Å². The summed E-state index contributed by atoms with van der Waals surface area (Å²) in [5, 5.41) is 0. The van der Waals surface area contributed by atoms with Gasteiger partial charge in [0.1, 0.15) is 5.60 Å². The molecule has 21 heavy (non-hydrogen) atoms. The van der Waals surface area contributed by atoms with Crippen molar-refractivity contribution in [1.82, 2.24) is 4.90 Å². The molecule has 0 bridgehead atoms. The minimum Gasteiger partial charge on any atom is -0.443 e. The molecule has 0 saturated carbocycles. The smallest absolute Gasteiger partial charge is 0.414 e. The van der Waals surface area contributed by atoms with E-state index < -0.39 is 5.60 Å². The normalized spacial score (nSPS) is 23.5. The summed E-state index contributed by atoms with van der Waals surface area (Å²) in [4.78, 5) is 25.8. The standard InChI is InChI=1S/C17H25NO3/c1-12-8-9-15(13-6-5-7-14(19)10-13)18(11-12)16(20)21-17(2,3)4/h9-10,12H,5-8,11H2,1-4H3. The van der Waals surface area contributed by atoms with Gasteiger partial charge in [-0.2, -0.15) is 0 Å². The van der Waals surface area contributed by atoms with Gasteiger partial charge in [-0.1, -0.05) is 13.0 Å². The molecule has 2 rings (SSSR count). The van der Waals surface area contributed by atoms with Crippen molar-refractivity contribution in [3.05, 3.63) is 23.4 Å². The van der Waals surface area contributed by atoms with E-state index in [0.717, 1.165) is 30.5 Å². The molecule has 0 aromatic heterocycles. The highest BCUT2D eigenvalue weighted by molar-refractivity contribution is 5.92. The lowest BCUT2D eigenvalue weighted by Gasteiger charge is -2.35. The van der Waals surface area contributed by atoms with Crippen molar-refractivity contribution in [1.29, 1.82) is 0 Å². The molecule has 1 aliphatic heterocycles. The molecule has 0 aromatic carbocycles. The monoisotopic (exact) mass is 291 g/mol. The third-order valence-electron chi connectivity index (χ3n) is 3.65. The van der Waals surface area contributed by atoms with Gasteiger partial charge in [-0.25, -0.2) is 4.79 Å². The van der Waals surface area contributed by atoms with Crippen molar-refractivity contribution in [3.63, 3.8) is 0 Å². The minimum absolute atomic E-state index is 0.153. The lowest BCUT2D eigenvalue weighted by molar-refractivity contribution is -0.115. The number of carbonyl (C=O) groups is 2. The Balaban J connectivity index is 2.24. The Morgan fingerprint density at radius 1 is 1.33 bits per heavy atom. The third kappa shape index (κ3) is 4.19. The van der Waals surface area contributed by atoms with Crippen molar-refractivity contribution < 1.29 is 14.3 Å². The second-order valence-corrected chi connectivity index (χ2v) is 7.01. The number of hydrogen-bond acceptors (Lipinski definition) is 3. The van der Waals surface area contributed by atoms with Crippen LogP contribution in [0.3, 0.4) is 0 Å². The zero-order valence-corrected chi connectivity index (χ0v) is 13.4. The summed E-state index contributed by atoms with van der Waals surface area (Å²) in [6, 6.07) is 0. The number of allylic oxidation sites excluding steroid dienone is 3. The molecule has 1 heterocycles. The van der Waals surface area contributed by atoms with E-state index >= 15 is 0 Å². The first-order chi connectivity index (χ1) is 9.76. The SMILES string of the molecule is CC1CC=C(C2=CC(=O)CCC2)N(C(=O)OC(C)(C)C)C1. The molecule has 4 nitrogen and oxygen atoms in total.